The summed E-state index contributed by atoms with van der Waals surface area (Å²) < 4.78 is 35.7. The Hall–Kier alpha value is -4.58. The van der Waals surface area contributed by atoms with Crippen molar-refractivity contribution in [2.24, 2.45) is 0 Å². The molecule has 0 saturated carbocycles. The van der Waals surface area contributed by atoms with Crippen LogP contribution in [0.2, 0.25) is 0 Å². The van der Waals surface area contributed by atoms with Crippen molar-refractivity contribution >= 4 is 33.2 Å². The molecule has 0 radical (unpaired) electrons. The number of aromatic nitrogens is 4. The molecule has 5 rings (SSSR count). The molecule has 188 valence electrons. The summed E-state index contributed by atoms with van der Waals surface area (Å²) in [6.07, 6.45) is 1.69. The van der Waals surface area contributed by atoms with Gasteiger partial charge in [-0.05, 0) is 68.4 Å². The Kier molecular flexibility index (Phi) is 6.17. The zero-order valence-corrected chi connectivity index (χ0v) is 20.8. The summed E-state index contributed by atoms with van der Waals surface area (Å²) in [5, 5.41) is 4.40. The minimum Gasteiger partial charge on any atom is -0.439 e. The van der Waals surface area contributed by atoms with Crippen LogP contribution in [0.5, 0.6) is 11.6 Å². The van der Waals surface area contributed by atoms with Crippen LogP contribution < -0.4 is 14.4 Å². The van der Waals surface area contributed by atoms with E-state index in [0.717, 1.165) is 16.3 Å². The van der Waals surface area contributed by atoms with Crippen LogP contribution in [0.25, 0.3) is 5.82 Å². The van der Waals surface area contributed by atoms with E-state index in [1.54, 1.807) is 35.0 Å². The van der Waals surface area contributed by atoms with Gasteiger partial charge in [-0.15, -0.1) is 0 Å². The van der Waals surface area contributed by atoms with Crippen LogP contribution in [-0.4, -0.2) is 40.0 Å². The number of ether oxygens (including phenoxy) is 1. The number of imide groups is 1. The maximum atomic E-state index is 12.8. The summed E-state index contributed by atoms with van der Waals surface area (Å²) in [7, 11) is -3.90. The van der Waals surface area contributed by atoms with Crippen molar-refractivity contribution in [3.8, 4) is 17.4 Å². The van der Waals surface area contributed by atoms with Crippen molar-refractivity contribution in [2.45, 2.75) is 31.6 Å². The average molecular weight is 519 g/mol. The van der Waals surface area contributed by atoms with E-state index in [9.17, 15) is 18.0 Å². The molecule has 1 fully saturated rings. The Morgan fingerprint density at radius 3 is 2.19 bits per heavy atom. The van der Waals surface area contributed by atoms with E-state index in [0.29, 0.717) is 28.8 Å². The number of amides is 2. The third kappa shape index (κ3) is 5.05. The molecule has 1 N–H and O–H groups in total. The van der Waals surface area contributed by atoms with Crippen LogP contribution in [0, 0.1) is 13.8 Å². The molecular weight excluding hydrogens is 496 g/mol. The molecule has 3 heterocycles. The van der Waals surface area contributed by atoms with Crippen molar-refractivity contribution in [3.05, 3.63) is 78.4 Å². The van der Waals surface area contributed by atoms with Crippen molar-refractivity contribution < 1.29 is 22.7 Å². The average Bonchev–Trinajstić information content (AvgIpc) is 3.39. The molecular formula is C25H22N6O5S. The van der Waals surface area contributed by atoms with Gasteiger partial charge in [-0.2, -0.15) is 5.10 Å². The number of hydrogen-bond acceptors (Lipinski definition) is 8. The molecule has 37 heavy (non-hydrogen) atoms. The molecule has 4 aromatic rings. The van der Waals surface area contributed by atoms with E-state index in [4.69, 9.17) is 4.74 Å². The van der Waals surface area contributed by atoms with Gasteiger partial charge in [-0.3, -0.25) is 19.2 Å². The highest BCUT2D eigenvalue weighted by molar-refractivity contribution is 7.92. The van der Waals surface area contributed by atoms with Gasteiger partial charge in [0.2, 0.25) is 17.7 Å². The number of anilines is 2. The fourth-order valence-electron chi connectivity index (χ4n) is 3.93. The van der Waals surface area contributed by atoms with Crippen molar-refractivity contribution in [2.75, 3.05) is 9.62 Å². The molecule has 0 bridgehead atoms. The highest BCUT2D eigenvalue weighted by atomic mass is 32.2. The second-order valence-electron chi connectivity index (χ2n) is 8.40. The molecule has 0 atom stereocenters. The van der Waals surface area contributed by atoms with Crippen LogP contribution in [0.4, 0.5) is 11.4 Å². The number of benzene rings is 2. The fraction of sp³-hybridized carbons (Fsp3) is 0.160. The predicted molar refractivity (Wildman–Crippen MR) is 134 cm³/mol. The van der Waals surface area contributed by atoms with Crippen LogP contribution in [0.1, 0.15) is 24.2 Å². The zero-order chi connectivity index (χ0) is 26.2. The van der Waals surface area contributed by atoms with Crippen LogP contribution in [0.3, 0.4) is 0 Å². The van der Waals surface area contributed by atoms with Crippen LogP contribution >= 0.6 is 0 Å². The molecule has 11 nitrogen and oxygen atoms in total. The van der Waals surface area contributed by atoms with E-state index in [1.165, 1.54) is 30.6 Å². The minimum atomic E-state index is -3.90. The molecule has 12 heteroatoms. The SMILES string of the molecule is Cc1cc(C)n(-c2cc(Oc3ccc(NS(=O)(=O)c4ccc(N5C(=O)CCC5=O)cc4)cc3)ncn2)n1. The minimum absolute atomic E-state index is 0.00617. The smallest absolute Gasteiger partial charge is 0.261 e. The lowest BCUT2D eigenvalue weighted by molar-refractivity contribution is -0.121. The lowest BCUT2D eigenvalue weighted by atomic mass is 10.3. The zero-order valence-electron chi connectivity index (χ0n) is 20.0. The van der Waals surface area contributed by atoms with Gasteiger partial charge >= 0.3 is 0 Å². The number of sulfonamides is 1. The summed E-state index contributed by atoms with van der Waals surface area (Å²) in [6, 6.07) is 15.5. The lowest BCUT2D eigenvalue weighted by Gasteiger charge is -2.14. The summed E-state index contributed by atoms with van der Waals surface area (Å²) in [5.74, 6) is 0.715. The van der Waals surface area contributed by atoms with Gasteiger partial charge in [0.25, 0.3) is 10.0 Å². The lowest BCUT2D eigenvalue weighted by Crippen LogP contribution is -2.28. The normalized spacial score (nSPS) is 13.7. The van der Waals surface area contributed by atoms with Gasteiger partial charge < -0.3 is 4.74 Å². The molecule has 0 unspecified atom stereocenters. The number of carbonyl (C=O) groups is 2. The number of rotatable bonds is 7. The van der Waals surface area contributed by atoms with E-state index >= 15 is 0 Å². The van der Waals surface area contributed by atoms with Gasteiger partial charge in [0, 0.05) is 30.3 Å². The van der Waals surface area contributed by atoms with Crippen molar-refractivity contribution in [3.63, 3.8) is 0 Å². The van der Waals surface area contributed by atoms with Crippen LogP contribution in [-0.2, 0) is 19.6 Å². The predicted octanol–water partition coefficient (Wildman–Crippen LogP) is 3.53. The third-order valence-electron chi connectivity index (χ3n) is 5.64. The Labute approximate surface area is 212 Å². The first-order valence-corrected chi connectivity index (χ1v) is 12.8. The van der Waals surface area contributed by atoms with E-state index in [-0.39, 0.29) is 29.6 Å². The Morgan fingerprint density at radius 2 is 1.57 bits per heavy atom. The standard InChI is InChI=1S/C25H22N6O5S/c1-16-13-17(2)31(28-16)22-14-23(27-15-26-22)36-20-7-3-18(4-8-20)29-37(34,35)21-9-5-19(6-10-21)30-24(32)11-12-25(30)33/h3-10,13-15,29H,11-12H2,1-2H3. The Bertz CT molecular complexity index is 1580. The first-order chi connectivity index (χ1) is 17.7. The quantitative estimate of drug-likeness (QED) is 0.367. The Balaban J connectivity index is 1.27. The molecule has 2 amide bonds. The van der Waals surface area contributed by atoms with Crippen molar-refractivity contribution in [1.82, 2.24) is 19.7 Å². The van der Waals surface area contributed by atoms with E-state index in [1.807, 2.05) is 19.9 Å². The Morgan fingerprint density at radius 1 is 0.892 bits per heavy atom. The number of nitrogens with zero attached hydrogens (tertiary/aromatic N) is 5. The number of nitrogens with one attached hydrogen (secondary N) is 1. The first kappa shape index (κ1) is 24.1. The molecule has 0 spiro atoms. The van der Waals surface area contributed by atoms with Gasteiger partial charge in [0.1, 0.15) is 12.1 Å². The van der Waals surface area contributed by atoms with E-state index < -0.39 is 10.0 Å². The molecule has 2 aromatic heterocycles. The van der Waals surface area contributed by atoms with E-state index in [2.05, 4.69) is 19.8 Å². The summed E-state index contributed by atoms with van der Waals surface area (Å²) in [5.41, 5.74) is 2.46. The molecule has 1 aliphatic rings. The van der Waals surface area contributed by atoms with Crippen LogP contribution in [0.15, 0.2) is 71.9 Å². The summed E-state index contributed by atoms with van der Waals surface area (Å²) >= 11 is 0. The van der Waals surface area contributed by atoms with Gasteiger partial charge in [0.05, 0.1) is 16.3 Å². The molecule has 0 aliphatic carbocycles. The molecule has 2 aromatic carbocycles. The largest absolute Gasteiger partial charge is 0.439 e. The highest BCUT2D eigenvalue weighted by Crippen LogP contribution is 2.26. The van der Waals surface area contributed by atoms with Gasteiger partial charge in [-0.25, -0.2) is 23.1 Å². The highest BCUT2D eigenvalue weighted by Gasteiger charge is 2.30. The number of aryl methyl sites for hydroxylation is 2. The number of carbonyl (C=O) groups excluding carboxylic acids is 2. The summed E-state index contributed by atoms with van der Waals surface area (Å²) in [4.78, 5) is 33.2. The second-order valence-corrected chi connectivity index (χ2v) is 10.1. The topological polar surface area (TPSA) is 136 Å². The maximum Gasteiger partial charge on any atom is 0.261 e. The van der Waals surface area contributed by atoms with Crippen molar-refractivity contribution in [1.29, 1.82) is 0 Å². The first-order valence-electron chi connectivity index (χ1n) is 11.3. The maximum absolute atomic E-state index is 12.8. The van der Waals surface area contributed by atoms with Gasteiger partial charge in [-0.1, -0.05) is 0 Å². The van der Waals surface area contributed by atoms with Gasteiger partial charge in [0.15, 0.2) is 5.82 Å². The fourth-order valence-corrected chi connectivity index (χ4v) is 4.99. The monoisotopic (exact) mass is 518 g/mol. The second kappa shape index (κ2) is 9.47. The third-order valence-corrected chi connectivity index (χ3v) is 7.04. The summed E-state index contributed by atoms with van der Waals surface area (Å²) in [6.45, 7) is 3.82. The molecule has 1 aliphatic heterocycles. The number of hydrogen-bond donors (Lipinski definition) is 1. The molecule has 1 saturated heterocycles.